The molecule has 0 aromatic heterocycles. The van der Waals surface area contributed by atoms with E-state index in [1.807, 2.05) is 0 Å². The maximum Gasteiger partial charge on any atom is 0.223 e. The monoisotopic (exact) mass is 430 g/mol. The third kappa shape index (κ3) is 4.19. The zero-order valence-corrected chi connectivity index (χ0v) is 19.8. The Hall–Kier alpha value is -1.73. The highest BCUT2D eigenvalue weighted by molar-refractivity contribution is 6.31. The fraction of sp³-hybridized carbons (Fsp3) is 0.680. The van der Waals surface area contributed by atoms with Crippen LogP contribution in [0.1, 0.15) is 72.8 Å². The van der Waals surface area contributed by atoms with Crippen LogP contribution >= 0.6 is 11.6 Å². The van der Waals surface area contributed by atoms with Crippen molar-refractivity contribution in [3.63, 3.8) is 0 Å². The molecule has 0 atom stereocenters. The van der Waals surface area contributed by atoms with E-state index < -0.39 is 0 Å². The number of nitrogens with zero attached hydrogens (tertiary/aromatic N) is 1. The van der Waals surface area contributed by atoms with Crippen molar-refractivity contribution in [1.29, 1.82) is 5.26 Å². The second kappa shape index (κ2) is 8.42. The van der Waals surface area contributed by atoms with Gasteiger partial charge in [0.05, 0.1) is 10.6 Å². The second-order valence-corrected chi connectivity index (χ2v) is 11.1. The van der Waals surface area contributed by atoms with Gasteiger partial charge in [0.25, 0.3) is 0 Å². The van der Waals surface area contributed by atoms with E-state index in [2.05, 4.69) is 52.9 Å². The number of benzene rings is 1. The van der Waals surface area contributed by atoms with E-state index in [-0.39, 0.29) is 34.8 Å². The third-order valence-electron chi connectivity index (χ3n) is 7.53. The zero-order valence-electron chi connectivity index (χ0n) is 19.1. The predicted octanol–water partition coefficient (Wildman–Crippen LogP) is 5.97. The zero-order chi connectivity index (χ0) is 22.3. The minimum atomic E-state index is -0.214. The number of rotatable bonds is 5. The molecule has 4 nitrogen and oxygen atoms in total. The van der Waals surface area contributed by atoms with Crippen LogP contribution in [0.5, 0.6) is 5.75 Å². The van der Waals surface area contributed by atoms with Crippen LogP contribution in [-0.4, -0.2) is 18.1 Å². The molecule has 2 saturated carbocycles. The molecule has 2 aliphatic carbocycles. The first-order valence-electron chi connectivity index (χ1n) is 11.1. The van der Waals surface area contributed by atoms with E-state index in [9.17, 15) is 4.79 Å². The fourth-order valence-electron chi connectivity index (χ4n) is 5.90. The van der Waals surface area contributed by atoms with E-state index in [1.165, 1.54) is 0 Å². The number of carbonyl (C=O) groups is 1. The lowest BCUT2D eigenvalue weighted by molar-refractivity contribution is -0.175. The molecule has 0 radical (unpaired) electrons. The molecule has 0 heterocycles. The van der Waals surface area contributed by atoms with E-state index >= 15 is 0 Å². The van der Waals surface area contributed by atoms with Crippen molar-refractivity contribution in [3.8, 4) is 11.8 Å². The normalized spacial score (nSPS) is 29.6. The largest absolute Gasteiger partial charge is 0.489 e. The lowest BCUT2D eigenvalue weighted by Crippen LogP contribution is -2.75. The number of nitriles is 1. The van der Waals surface area contributed by atoms with Gasteiger partial charge in [0, 0.05) is 28.9 Å². The Morgan fingerprint density at radius 3 is 2.27 bits per heavy atom. The van der Waals surface area contributed by atoms with Crippen molar-refractivity contribution in [1.82, 2.24) is 5.32 Å². The predicted molar refractivity (Wildman–Crippen MR) is 120 cm³/mol. The average molecular weight is 431 g/mol. The van der Waals surface area contributed by atoms with Crippen molar-refractivity contribution in [2.24, 2.45) is 28.6 Å². The molecule has 164 valence electrons. The molecule has 1 aromatic carbocycles. The summed E-state index contributed by atoms with van der Waals surface area (Å²) in [5.41, 5.74) is 0.0112. The molecule has 2 aliphatic rings. The number of hydrogen-bond acceptors (Lipinski definition) is 3. The molecule has 2 fully saturated rings. The van der Waals surface area contributed by atoms with E-state index in [1.54, 1.807) is 18.2 Å². The molecule has 0 bridgehead atoms. The van der Waals surface area contributed by atoms with Gasteiger partial charge < -0.3 is 10.1 Å². The van der Waals surface area contributed by atoms with Gasteiger partial charge in [0.2, 0.25) is 5.91 Å². The molecule has 0 saturated heterocycles. The Kier molecular flexibility index (Phi) is 6.44. The van der Waals surface area contributed by atoms with Crippen molar-refractivity contribution in [3.05, 3.63) is 28.8 Å². The summed E-state index contributed by atoms with van der Waals surface area (Å²) in [7, 11) is 0. The number of amides is 1. The maximum atomic E-state index is 13.0. The summed E-state index contributed by atoms with van der Waals surface area (Å²) in [5, 5.41) is 12.8. The molecule has 5 heteroatoms. The van der Waals surface area contributed by atoms with Gasteiger partial charge >= 0.3 is 0 Å². The number of ether oxygens (including phenoxy) is 1. The molecule has 0 spiro atoms. The second-order valence-electron chi connectivity index (χ2n) is 10.7. The summed E-state index contributed by atoms with van der Waals surface area (Å²) in [6.45, 7) is 13.2. The Balaban J connectivity index is 1.65. The van der Waals surface area contributed by atoms with Crippen LogP contribution in [0.25, 0.3) is 0 Å². The number of hydrogen-bond donors (Lipinski definition) is 1. The van der Waals surface area contributed by atoms with Crippen LogP contribution in [0.2, 0.25) is 5.02 Å². The third-order valence-corrected chi connectivity index (χ3v) is 7.84. The minimum Gasteiger partial charge on any atom is -0.489 e. The van der Waals surface area contributed by atoms with Crippen LogP contribution in [0, 0.1) is 39.9 Å². The fourth-order valence-corrected chi connectivity index (χ4v) is 6.12. The Morgan fingerprint density at radius 2 is 1.77 bits per heavy atom. The molecule has 1 aromatic rings. The molecule has 0 aliphatic heterocycles. The highest BCUT2D eigenvalue weighted by Gasteiger charge is 2.64. The molecular weight excluding hydrogens is 396 g/mol. The molecular formula is C25H35ClN2O2. The minimum absolute atomic E-state index is 0.0409. The van der Waals surface area contributed by atoms with Crippen LogP contribution in [0.15, 0.2) is 18.2 Å². The van der Waals surface area contributed by atoms with Gasteiger partial charge in [0.15, 0.2) is 0 Å². The van der Waals surface area contributed by atoms with Gasteiger partial charge in [-0.1, -0.05) is 53.1 Å². The molecule has 1 amide bonds. The summed E-state index contributed by atoms with van der Waals surface area (Å²) >= 11 is 6.17. The number of carbonyl (C=O) groups excluding carboxylic acids is 1. The van der Waals surface area contributed by atoms with Gasteiger partial charge in [-0.2, -0.15) is 5.26 Å². The molecule has 1 N–H and O–H groups in total. The van der Waals surface area contributed by atoms with Crippen LogP contribution < -0.4 is 10.1 Å². The summed E-state index contributed by atoms with van der Waals surface area (Å²) in [4.78, 5) is 13.0. The van der Waals surface area contributed by atoms with E-state index in [0.29, 0.717) is 22.3 Å². The van der Waals surface area contributed by atoms with Crippen molar-refractivity contribution < 1.29 is 9.53 Å². The van der Waals surface area contributed by atoms with Crippen LogP contribution in [0.4, 0.5) is 0 Å². The smallest absolute Gasteiger partial charge is 0.223 e. The number of halogens is 1. The van der Waals surface area contributed by atoms with E-state index in [0.717, 1.165) is 31.6 Å². The van der Waals surface area contributed by atoms with Crippen molar-refractivity contribution in [2.45, 2.75) is 79.4 Å². The Labute approximate surface area is 186 Å². The van der Waals surface area contributed by atoms with Gasteiger partial charge in [-0.05, 0) is 49.7 Å². The van der Waals surface area contributed by atoms with Crippen LogP contribution in [0.3, 0.4) is 0 Å². The summed E-state index contributed by atoms with van der Waals surface area (Å²) in [6, 6.07) is 7.28. The maximum absolute atomic E-state index is 13.0. The molecule has 0 unspecified atom stereocenters. The quantitative estimate of drug-likeness (QED) is 0.625. The standard InChI is InChI=1S/C25H35ClN2O2/c1-15(2)16-7-9-17(10-8-16)21(29)28-22-24(3,4)23(25(22,5)6)30-19-12-11-18(14-27)20(26)13-19/h11-13,15-17,22-23H,7-10H2,1-6H3,(H,28,29)/t16-,17-,22-,23-. The summed E-state index contributed by atoms with van der Waals surface area (Å²) < 4.78 is 6.31. The molecule has 30 heavy (non-hydrogen) atoms. The summed E-state index contributed by atoms with van der Waals surface area (Å²) in [5.74, 6) is 2.43. The highest BCUT2D eigenvalue weighted by atomic mass is 35.5. The lowest BCUT2D eigenvalue weighted by atomic mass is 9.49. The Morgan fingerprint density at radius 1 is 1.17 bits per heavy atom. The Bertz CT molecular complexity index is 816. The summed E-state index contributed by atoms with van der Waals surface area (Å²) in [6.07, 6.45) is 4.21. The average Bonchev–Trinajstić information content (AvgIpc) is 2.69. The van der Waals surface area contributed by atoms with Crippen molar-refractivity contribution >= 4 is 17.5 Å². The molecule has 3 rings (SSSR count). The van der Waals surface area contributed by atoms with Gasteiger partial charge in [-0.15, -0.1) is 0 Å². The van der Waals surface area contributed by atoms with Crippen molar-refractivity contribution in [2.75, 3.05) is 0 Å². The SMILES string of the molecule is CC(C)[C@H]1CC[C@H](C(=O)N[C@H]2C(C)(C)[C@H](Oc3ccc(C#N)c(Cl)c3)C2(C)C)CC1. The van der Waals surface area contributed by atoms with E-state index in [4.69, 9.17) is 21.6 Å². The van der Waals surface area contributed by atoms with Gasteiger partial charge in [0.1, 0.15) is 17.9 Å². The highest BCUT2D eigenvalue weighted by Crippen LogP contribution is 2.55. The lowest BCUT2D eigenvalue weighted by Gasteiger charge is -2.63. The first-order chi connectivity index (χ1) is 14.0. The van der Waals surface area contributed by atoms with Crippen LogP contribution in [-0.2, 0) is 4.79 Å². The first kappa shape index (κ1) is 22.9. The topological polar surface area (TPSA) is 62.1 Å². The van der Waals surface area contributed by atoms with Gasteiger partial charge in [-0.3, -0.25) is 4.79 Å². The first-order valence-corrected chi connectivity index (χ1v) is 11.5. The van der Waals surface area contributed by atoms with Gasteiger partial charge in [-0.25, -0.2) is 0 Å². The number of nitrogens with one attached hydrogen (secondary N) is 1.